The highest BCUT2D eigenvalue weighted by Gasteiger charge is 2.31. The molecule has 0 aliphatic rings. The number of sulfonamides is 1. The van der Waals surface area contributed by atoms with Gasteiger partial charge in [0.1, 0.15) is 6.54 Å². The maximum absolute atomic E-state index is 12.3. The van der Waals surface area contributed by atoms with Crippen molar-refractivity contribution in [3.8, 4) is 0 Å². The molecule has 18 heavy (non-hydrogen) atoms. The van der Waals surface area contributed by atoms with E-state index in [1.54, 1.807) is 20.9 Å². The minimum absolute atomic E-state index is 0.0809. The summed E-state index contributed by atoms with van der Waals surface area (Å²) in [5.41, 5.74) is 0. The summed E-state index contributed by atoms with van der Waals surface area (Å²) in [7, 11) is -0.895. The molecule has 1 heterocycles. The lowest BCUT2D eigenvalue weighted by atomic mass is 10.4. The van der Waals surface area contributed by atoms with Gasteiger partial charge >= 0.3 is 5.97 Å². The third kappa shape index (κ3) is 3.08. The lowest BCUT2D eigenvalue weighted by Crippen LogP contribution is -2.41. The van der Waals surface area contributed by atoms with E-state index < -0.39 is 16.0 Å². The molecule has 0 aliphatic heterocycles. The van der Waals surface area contributed by atoms with Crippen molar-refractivity contribution in [1.82, 2.24) is 13.9 Å². The van der Waals surface area contributed by atoms with E-state index in [4.69, 9.17) is 0 Å². The van der Waals surface area contributed by atoms with Crippen LogP contribution in [-0.4, -0.2) is 47.9 Å². The monoisotopic (exact) mass is 275 g/mol. The number of imidazole rings is 1. The van der Waals surface area contributed by atoms with Crippen LogP contribution in [0.2, 0.25) is 0 Å². The first-order valence-electron chi connectivity index (χ1n) is 5.35. The summed E-state index contributed by atoms with van der Waals surface area (Å²) in [5, 5.41) is -0.0809. The first kappa shape index (κ1) is 14.7. The van der Waals surface area contributed by atoms with Crippen molar-refractivity contribution < 1.29 is 17.9 Å². The van der Waals surface area contributed by atoms with Gasteiger partial charge in [-0.25, -0.2) is 13.4 Å². The molecule has 0 aliphatic carbocycles. The second-order valence-corrected chi connectivity index (χ2v) is 5.93. The third-order valence-corrected chi connectivity index (χ3v) is 4.25. The molecule has 0 N–H and O–H groups in total. The average Bonchev–Trinajstić information content (AvgIpc) is 2.72. The molecule has 7 nitrogen and oxygen atoms in total. The van der Waals surface area contributed by atoms with Crippen LogP contribution in [0.1, 0.15) is 13.8 Å². The zero-order chi connectivity index (χ0) is 13.9. The van der Waals surface area contributed by atoms with Crippen molar-refractivity contribution in [3.63, 3.8) is 0 Å². The number of hydrogen-bond donors (Lipinski definition) is 0. The second-order valence-electron chi connectivity index (χ2n) is 4.10. The number of carbonyl (C=O) groups is 1. The number of methoxy groups -OCH3 is 1. The van der Waals surface area contributed by atoms with Gasteiger partial charge in [0.15, 0.2) is 5.03 Å². The third-order valence-electron chi connectivity index (χ3n) is 2.34. The summed E-state index contributed by atoms with van der Waals surface area (Å²) >= 11 is 0. The predicted molar refractivity (Wildman–Crippen MR) is 64.3 cm³/mol. The number of rotatable bonds is 5. The highest BCUT2D eigenvalue weighted by atomic mass is 32.2. The lowest BCUT2D eigenvalue weighted by Gasteiger charge is -2.23. The van der Waals surface area contributed by atoms with Gasteiger partial charge < -0.3 is 9.30 Å². The highest BCUT2D eigenvalue weighted by Crippen LogP contribution is 2.15. The Kier molecular flexibility index (Phi) is 4.47. The van der Waals surface area contributed by atoms with Gasteiger partial charge in [-0.3, -0.25) is 4.79 Å². The second kappa shape index (κ2) is 5.49. The standard InChI is InChI=1S/C10H17N3O4S/c1-8(2)13(6-10(14)17-4)18(15,16)9-5-12(3)7-11-9/h5,7-8H,6H2,1-4H3. The predicted octanol–water partition coefficient (Wildman–Crippen LogP) is -0.00780. The first-order chi connectivity index (χ1) is 8.28. The van der Waals surface area contributed by atoms with Crippen LogP contribution in [0.15, 0.2) is 17.6 Å². The fourth-order valence-electron chi connectivity index (χ4n) is 1.38. The van der Waals surface area contributed by atoms with E-state index in [2.05, 4.69) is 9.72 Å². The van der Waals surface area contributed by atoms with Crippen LogP contribution < -0.4 is 0 Å². The summed E-state index contributed by atoms with van der Waals surface area (Å²) in [5.74, 6) is -0.608. The highest BCUT2D eigenvalue weighted by molar-refractivity contribution is 7.89. The Labute approximate surface area is 106 Å². The molecule has 0 bridgehead atoms. The van der Waals surface area contributed by atoms with Crippen LogP contribution >= 0.6 is 0 Å². The van der Waals surface area contributed by atoms with Crippen LogP contribution in [0.25, 0.3) is 0 Å². The van der Waals surface area contributed by atoms with Gasteiger partial charge in [-0.15, -0.1) is 0 Å². The van der Waals surface area contributed by atoms with E-state index in [9.17, 15) is 13.2 Å². The average molecular weight is 275 g/mol. The molecule has 0 atom stereocenters. The van der Waals surface area contributed by atoms with Crippen molar-refractivity contribution >= 4 is 16.0 Å². The van der Waals surface area contributed by atoms with Gasteiger partial charge in [0.2, 0.25) is 0 Å². The van der Waals surface area contributed by atoms with Crippen molar-refractivity contribution in [3.05, 3.63) is 12.5 Å². The quantitative estimate of drug-likeness (QED) is 0.706. The number of aryl methyl sites for hydroxylation is 1. The minimum atomic E-state index is -3.78. The molecular formula is C10H17N3O4S. The molecule has 0 radical (unpaired) electrons. The number of hydrogen-bond acceptors (Lipinski definition) is 5. The van der Waals surface area contributed by atoms with Crippen LogP contribution in [-0.2, 0) is 26.6 Å². The Hall–Kier alpha value is -1.41. The Balaban J connectivity index is 3.09. The number of aromatic nitrogens is 2. The van der Waals surface area contributed by atoms with Crippen LogP contribution in [0, 0.1) is 0 Å². The number of ether oxygens (including phenoxy) is 1. The Morgan fingerprint density at radius 1 is 1.56 bits per heavy atom. The molecule has 0 unspecified atom stereocenters. The smallest absolute Gasteiger partial charge is 0.321 e. The van der Waals surface area contributed by atoms with Gasteiger partial charge in [-0.2, -0.15) is 4.31 Å². The molecule has 8 heteroatoms. The molecule has 0 amide bonds. The Morgan fingerprint density at radius 3 is 2.56 bits per heavy atom. The fourth-order valence-corrected chi connectivity index (χ4v) is 2.93. The van der Waals surface area contributed by atoms with Crippen LogP contribution in [0.5, 0.6) is 0 Å². The molecule has 0 saturated heterocycles. The van der Waals surface area contributed by atoms with E-state index in [0.717, 1.165) is 4.31 Å². The number of carbonyl (C=O) groups excluding carboxylic acids is 1. The molecule has 1 aromatic rings. The van der Waals surface area contributed by atoms with Gasteiger partial charge in [-0.05, 0) is 13.8 Å². The molecule has 102 valence electrons. The largest absolute Gasteiger partial charge is 0.468 e. The zero-order valence-electron chi connectivity index (χ0n) is 10.8. The fraction of sp³-hybridized carbons (Fsp3) is 0.600. The zero-order valence-corrected chi connectivity index (χ0v) is 11.6. The van der Waals surface area contributed by atoms with E-state index in [0.29, 0.717) is 0 Å². The maximum Gasteiger partial charge on any atom is 0.321 e. The number of nitrogens with zero attached hydrogens (tertiary/aromatic N) is 3. The summed E-state index contributed by atoms with van der Waals surface area (Å²) in [6.07, 6.45) is 2.78. The van der Waals surface area contributed by atoms with E-state index in [-0.39, 0.29) is 17.6 Å². The topological polar surface area (TPSA) is 81.5 Å². The lowest BCUT2D eigenvalue weighted by molar-refractivity contribution is -0.141. The molecule has 0 aromatic carbocycles. The van der Waals surface area contributed by atoms with Gasteiger partial charge in [0.25, 0.3) is 10.0 Å². The maximum atomic E-state index is 12.3. The SMILES string of the molecule is COC(=O)CN(C(C)C)S(=O)(=O)c1cn(C)cn1. The molecule has 0 saturated carbocycles. The summed E-state index contributed by atoms with van der Waals surface area (Å²) in [6.45, 7) is 3.04. The van der Waals surface area contributed by atoms with Crippen molar-refractivity contribution in [2.24, 2.45) is 7.05 Å². The molecule has 0 spiro atoms. The molecule has 1 rings (SSSR count). The molecule has 0 fully saturated rings. The van der Waals surface area contributed by atoms with E-state index in [1.165, 1.54) is 24.2 Å². The first-order valence-corrected chi connectivity index (χ1v) is 6.79. The van der Waals surface area contributed by atoms with Crippen LogP contribution in [0.4, 0.5) is 0 Å². The van der Waals surface area contributed by atoms with Crippen molar-refractivity contribution in [2.45, 2.75) is 24.9 Å². The Morgan fingerprint density at radius 2 is 2.17 bits per heavy atom. The Bertz CT molecular complexity index is 521. The van der Waals surface area contributed by atoms with E-state index in [1.807, 2.05) is 0 Å². The summed E-state index contributed by atoms with van der Waals surface area (Å²) in [6, 6.07) is -0.365. The van der Waals surface area contributed by atoms with Crippen LogP contribution in [0.3, 0.4) is 0 Å². The van der Waals surface area contributed by atoms with Gasteiger partial charge in [-0.1, -0.05) is 0 Å². The number of esters is 1. The van der Waals surface area contributed by atoms with Crippen molar-refractivity contribution in [2.75, 3.05) is 13.7 Å². The normalized spacial score (nSPS) is 12.1. The van der Waals surface area contributed by atoms with Crippen molar-refractivity contribution in [1.29, 1.82) is 0 Å². The molecular weight excluding hydrogens is 258 g/mol. The minimum Gasteiger partial charge on any atom is -0.468 e. The van der Waals surface area contributed by atoms with E-state index >= 15 is 0 Å². The summed E-state index contributed by atoms with van der Waals surface area (Å²) < 4.78 is 31.6. The van der Waals surface area contributed by atoms with Gasteiger partial charge in [0.05, 0.1) is 13.4 Å². The summed E-state index contributed by atoms with van der Waals surface area (Å²) in [4.78, 5) is 15.1. The van der Waals surface area contributed by atoms with Gasteiger partial charge in [0, 0.05) is 19.3 Å². The molecule has 1 aromatic heterocycles.